The third-order valence-corrected chi connectivity index (χ3v) is 4.05. The highest BCUT2D eigenvalue weighted by atomic mass is 16.5. The van der Waals surface area contributed by atoms with Crippen molar-refractivity contribution in [3.05, 3.63) is 29.8 Å². The number of rotatable bonds is 5. The standard InChI is InChI=1S/C17H28N2O2/c1-17(2,3)14-4-6-16(7-5-14)21-11-10-19-9-8-18-12-15(19)13-20/h4-7,15,18,20H,8-13H2,1-3H3. The Morgan fingerprint density at radius 3 is 2.62 bits per heavy atom. The number of aliphatic hydroxyl groups is 1. The van der Waals surface area contributed by atoms with Crippen molar-refractivity contribution in [1.29, 1.82) is 0 Å². The highest BCUT2D eigenvalue weighted by Crippen LogP contribution is 2.24. The largest absolute Gasteiger partial charge is 0.492 e. The fourth-order valence-electron chi connectivity index (χ4n) is 2.61. The lowest BCUT2D eigenvalue weighted by Crippen LogP contribution is -2.53. The number of aliphatic hydroxyl groups excluding tert-OH is 1. The summed E-state index contributed by atoms with van der Waals surface area (Å²) < 4.78 is 5.83. The van der Waals surface area contributed by atoms with E-state index < -0.39 is 0 Å². The average Bonchev–Trinajstić information content (AvgIpc) is 2.47. The van der Waals surface area contributed by atoms with Crippen LogP contribution in [0.4, 0.5) is 0 Å². The third kappa shape index (κ3) is 4.70. The molecule has 0 aromatic heterocycles. The zero-order valence-corrected chi connectivity index (χ0v) is 13.4. The average molecular weight is 292 g/mol. The summed E-state index contributed by atoms with van der Waals surface area (Å²) in [5.41, 5.74) is 1.49. The van der Waals surface area contributed by atoms with Gasteiger partial charge in [0.25, 0.3) is 0 Å². The van der Waals surface area contributed by atoms with Gasteiger partial charge in [0, 0.05) is 32.2 Å². The first-order chi connectivity index (χ1) is 10.0. The molecule has 0 saturated carbocycles. The van der Waals surface area contributed by atoms with Gasteiger partial charge in [0.2, 0.25) is 0 Å². The van der Waals surface area contributed by atoms with Crippen LogP contribution in [0.15, 0.2) is 24.3 Å². The summed E-state index contributed by atoms with van der Waals surface area (Å²) in [6, 6.07) is 8.57. The van der Waals surface area contributed by atoms with Crippen LogP contribution in [-0.4, -0.2) is 55.4 Å². The minimum atomic E-state index is 0.174. The van der Waals surface area contributed by atoms with E-state index in [1.165, 1.54) is 5.56 Å². The summed E-state index contributed by atoms with van der Waals surface area (Å²) >= 11 is 0. The van der Waals surface area contributed by atoms with Gasteiger partial charge in [0.15, 0.2) is 0 Å². The zero-order valence-electron chi connectivity index (χ0n) is 13.4. The minimum Gasteiger partial charge on any atom is -0.492 e. The zero-order chi connectivity index (χ0) is 15.3. The Balaban J connectivity index is 1.80. The Morgan fingerprint density at radius 1 is 1.29 bits per heavy atom. The molecule has 1 atom stereocenters. The van der Waals surface area contributed by atoms with Gasteiger partial charge in [-0.25, -0.2) is 0 Å². The Morgan fingerprint density at radius 2 is 2.00 bits per heavy atom. The molecule has 1 aliphatic rings. The predicted molar refractivity (Wildman–Crippen MR) is 86.0 cm³/mol. The van der Waals surface area contributed by atoms with Crippen LogP contribution in [-0.2, 0) is 5.41 Å². The monoisotopic (exact) mass is 292 g/mol. The number of piperazine rings is 1. The smallest absolute Gasteiger partial charge is 0.119 e. The highest BCUT2D eigenvalue weighted by Gasteiger charge is 2.20. The Bertz CT molecular complexity index is 425. The van der Waals surface area contributed by atoms with Crippen molar-refractivity contribution >= 4 is 0 Å². The van der Waals surface area contributed by atoms with E-state index in [-0.39, 0.29) is 18.1 Å². The molecule has 0 radical (unpaired) electrons. The fourth-order valence-corrected chi connectivity index (χ4v) is 2.61. The second-order valence-electron chi connectivity index (χ2n) is 6.70. The van der Waals surface area contributed by atoms with E-state index >= 15 is 0 Å². The van der Waals surface area contributed by atoms with Crippen molar-refractivity contribution in [3.8, 4) is 5.75 Å². The summed E-state index contributed by atoms with van der Waals surface area (Å²) in [5, 5.41) is 12.7. The lowest BCUT2D eigenvalue weighted by atomic mass is 9.87. The number of ether oxygens (including phenoxy) is 1. The van der Waals surface area contributed by atoms with Gasteiger partial charge in [-0.15, -0.1) is 0 Å². The molecule has 4 heteroatoms. The first-order valence-electron chi connectivity index (χ1n) is 7.79. The maximum Gasteiger partial charge on any atom is 0.119 e. The Labute approximate surface area is 128 Å². The molecule has 4 nitrogen and oxygen atoms in total. The lowest BCUT2D eigenvalue weighted by Gasteiger charge is -2.34. The minimum absolute atomic E-state index is 0.174. The van der Waals surface area contributed by atoms with Crippen LogP contribution in [0, 0.1) is 0 Å². The van der Waals surface area contributed by atoms with Gasteiger partial charge in [0.05, 0.1) is 6.61 Å². The van der Waals surface area contributed by atoms with Crippen LogP contribution < -0.4 is 10.1 Å². The fraction of sp³-hybridized carbons (Fsp3) is 0.647. The van der Waals surface area contributed by atoms with Crippen molar-refractivity contribution in [2.45, 2.75) is 32.2 Å². The first-order valence-corrected chi connectivity index (χ1v) is 7.79. The van der Waals surface area contributed by atoms with E-state index in [0.717, 1.165) is 31.9 Å². The molecule has 1 heterocycles. The molecule has 1 saturated heterocycles. The van der Waals surface area contributed by atoms with Crippen molar-refractivity contribution in [2.75, 3.05) is 39.4 Å². The molecule has 21 heavy (non-hydrogen) atoms. The molecule has 2 rings (SSSR count). The van der Waals surface area contributed by atoms with Gasteiger partial charge in [-0.1, -0.05) is 32.9 Å². The first kappa shape index (κ1) is 16.3. The van der Waals surface area contributed by atoms with Crippen molar-refractivity contribution in [3.63, 3.8) is 0 Å². The topological polar surface area (TPSA) is 44.7 Å². The van der Waals surface area contributed by atoms with Gasteiger partial charge in [-0.3, -0.25) is 4.90 Å². The second-order valence-corrected chi connectivity index (χ2v) is 6.70. The van der Waals surface area contributed by atoms with E-state index in [9.17, 15) is 5.11 Å². The lowest BCUT2D eigenvalue weighted by molar-refractivity contribution is 0.0868. The van der Waals surface area contributed by atoms with Crippen LogP contribution in [0.25, 0.3) is 0 Å². The maximum absolute atomic E-state index is 9.36. The Hall–Kier alpha value is -1.10. The summed E-state index contributed by atoms with van der Waals surface area (Å²) in [7, 11) is 0. The van der Waals surface area contributed by atoms with Crippen LogP contribution in [0.2, 0.25) is 0 Å². The number of nitrogens with one attached hydrogen (secondary N) is 1. The summed E-state index contributed by atoms with van der Waals surface area (Å²) in [6.07, 6.45) is 0. The second kappa shape index (κ2) is 7.25. The highest BCUT2D eigenvalue weighted by molar-refractivity contribution is 5.31. The molecule has 1 aromatic rings. The van der Waals surface area contributed by atoms with Crippen molar-refractivity contribution in [1.82, 2.24) is 10.2 Å². The molecular weight excluding hydrogens is 264 g/mol. The summed E-state index contributed by atoms with van der Waals surface area (Å²) in [6.45, 7) is 11.2. The van der Waals surface area contributed by atoms with Gasteiger partial charge < -0.3 is 15.2 Å². The molecule has 0 amide bonds. The molecule has 1 aromatic carbocycles. The number of hydrogen-bond donors (Lipinski definition) is 2. The SMILES string of the molecule is CC(C)(C)c1ccc(OCCN2CCNCC2CO)cc1. The molecule has 0 bridgehead atoms. The third-order valence-electron chi connectivity index (χ3n) is 4.05. The predicted octanol–water partition coefficient (Wildman–Crippen LogP) is 1.63. The van der Waals surface area contributed by atoms with Gasteiger partial charge in [0.1, 0.15) is 12.4 Å². The number of hydrogen-bond acceptors (Lipinski definition) is 4. The molecule has 1 aliphatic heterocycles. The van der Waals surface area contributed by atoms with E-state index in [0.29, 0.717) is 6.61 Å². The van der Waals surface area contributed by atoms with Crippen LogP contribution in [0.3, 0.4) is 0 Å². The summed E-state index contributed by atoms with van der Waals surface area (Å²) in [4.78, 5) is 2.29. The van der Waals surface area contributed by atoms with E-state index in [1.807, 2.05) is 12.1 Å². The molecule has 0 aliphatic carbocycles. The number of nitrogens with zero attached hydrogens (tertiary/aromatic N) is 1. The van der Waals surface area contributed by atoms with Crippen molar-refractivity contribution < 1.29 is 9.84 Å². The van der Waals surface area contributed by atoms with Crippen molar-refractivity contribution in [2.24, 2.45) is 0 Å². The van der Waals surface area contributed by atoms with E-state index in [4.69, 9.17) is 4.74 Å². The van der Waals surface area contributed by atoms with E-state index in [1.54, 1.807) is 0 Å². The molecule has 0 spiro atoms. The molecular formula is C17H28N2O2. The van der Waals surface area contributed by atoms with E-state index in [2.05, 4.69) is 43.1 Å². The van der Waals surface area contributed by atoms with Gasteiger partial charge in [-0.2, -0.15) is 0 Å². The molecule has 1 fully saturated rings. The van der Waals surface area contributed by atoms with Gasteiger partial charge >= 0.3 is 0 Å². The quantitative estimate of drug-likeness (QED) is 0.866. The maximum atomic E-state index is 9.36. The van der Waals surface area contributed by atoms with Crippen LogP contribution in [0.5, 0.6) is 5.75 Å². The summed E-state index contributed by atoms with van der Waals surface area (Å²) in [5.74, 6) is 0.915. The van der Waals surface area contributed by atoms with Crippen LogP contribution in [0.1, 0.15) is 26.3 Å². The molecule has 1 unspecified atom stereocenters. The normalized spacial score (nSPS) is 20.5. The Kier molecular flexibility index (Phi) is 5.62. The molecule has 118 valence electrons. The molecule has 2 N–H and O–H groups in total. The van der Waals surface area contributed by atoms with Crippen LogP contribution >= 0.6 is 0 Å². The van der Waals surface area contributed by atoms with Gasteiger partial charge in [-0.05, 0) is 23.1 Å². The number of benzene rings is 1.